The minimum Gasteiger partial charge on any atom is -0.381 e. The topological polar surface area (TPSA) is 117 Å². The van der Waals surface area contributed by atoms with E-state index in [2.05, 4.69) is 44.4 Å². The number of fused-ring (bicyclic) bond motifs is 2. The van der Waals surface area contributed by atoms with Crippen molar-refractivity contribution in [3.63, 3.8) is 0 Å². The molecule has 0 fully saturated rings. The first kappa shape index (κ1) is 20.6. The van der Waals surface area contributed by atoms with E-state index < -0.39 is 5.91 Å². The molecule has 5 aromatic rings. The fraction of sp³-hybridized carbons (Fsp3) is 0.0833. The van der Waals surface area contributed by atoms with Crippen molar-refractivity contribution in [2.24, 2.45) is 5.73 Å². The average Bonchev–Trinajstić information content (AvgIpc) is 3.36. The van der Waals surface area contributed by atoms with E-state index >= 15 is 0 Å². The molecule has 1 amide bonds. The number of anilines is 1. The van der Waals surface area contributed by atoms with E-state index in [4.69, 9.17) is 17.9 Å². The van der Waals surface area contributed by atoms with Crippen LogP contribution in [-0.2, 0) is 6.42 Å². The van der Waals surface area contributed by atoms with Crippen LogP contribution in [0.2, 0.25) is 0 Å². The monoisotopic (exact) mass is 423 g/mol. The van der Waals surface area contributed by atoms with Gasteiger partial charge in [-0.15, -0.1) is 11.5 Å². The van der Waals surface area contributed by atoms with Crippen molar-refractivity contribution in [1.82, 2.24) is 24.0 Å². The third kappa shape index (κ3) is 3.63. The molecule has 8 nitrogen and oxygen atoms in total. The molecule has 0 radical (unpaired) electrons. The van der Waals surface area contributed by atoms with Crippen LogP contribution < -0.4 is 11.5 Å². The Hall–Kier alpha value is -4.64. The van der Waals surface area contributed by atoms with E-state index in [1.54, 1.807) is 18.5 Å². The Morgan fingerprint density at radius 3 is 2.59 bits per heavy atom. The summed E-state index contributed by atoms with van der Waals surface area (Å²) in [6.07, 6.45) is 9.69. The van der Waals surface area contributed by atoms with Crippen LogP contribution in [0.4, 0.5) is 5.82 Å². The molecule has 0 saturated carbocycles. The van der Waals surface area contributed by atoms with Crippen LogP contribution in [0.1, 0.15) is 28.7 Å². The number of rotatable bonds is 3. The standard InChI is InChI=1S/C17H14N2.C7H7N5O/c1-3-14-11-8-12-16-18-15(4-2)17(19(14)16)13-9-6-5-7-10-13;8-5-4(6(9)13)7-10-2-1-3-12(7)11-5/h1,5-12H,4H2,2H3;1-3H,(H2,8,11)(H2,9,13). The van der Waals surface area contributed by atoms with Gasteiger partial charge in [-0.3, -0.25) is 9.20 Å². The molecule has 8 heteroatoms. The van der Waals surface area contributed by atoms with Gasteiger partial charge in [-0.2, -0.15) is 0 Å². The molecule has 0 aliphatic carbocycles. The van der Waals surface area contributed by atoms with Gasteiger partial charge in [0.1, 0.15) is 11.2 Å². The van der Waals surface area contributed by atoms with Crippen molar-refractivity contribution in [2.45, 2.75) is 13.3 Å². The number of pyridine rings is 1. The number of nitrogens with zero attached hydrogens (tertiary/aromatic N) is 5. The van der Waals surface area contributed by atoms with Crippen LogP contribution in [0, 0.1) is 12.3 Å². The lowest BCUT2D eigenvalue weighted by molar-refractivity contribution is 0.100. The number of hydrogen-bond donors (Lipinski definition) is 2. The number of hydrogen-bond acceptors (Lipinski definition) is 5. The molecule has 0 aliphatic heterocycles. The van der Waals surface area contributed by atoms with Gasteiger partial charge in [0.05, 0.1) is 17.1 Å². The number of imidazole rings is 1. The molecule has 5 rings (SSSR count). The van der Waals surface area contributed by atoms with Crippen molar-refractivity contribution in [3.05, 3.63) is 83.9 Å². The minimum absolute atomic E-state index is 0.103. The van der Waals surface area contributed by atoms with Gasteiger partial charge in [0.15, 0.2) is 11.5 Å². The summed E-state index contributed by atoms with van der Waals surface area (Å²) in [6, 6.07) is 17.8. The number of carbonyl (C=O) groups excluding carboxylic acids is 1. The van der Waals surface area contributed by atoms with Gasteiger partial charge in [0.25, 0.3) is 5.91 Å². The first-order valence-corrected chi connectivity index (χ1v) is 9.96. The van der Waals surface area contributed by atoms with Gasteiger partial charge in [-0.1, -0.05) is 49.2 Å². The molecule has 0 atom stereocenters. The van der Waals surface area contributed by atoms with Gasteiger partial charge >= 0.3 is 0 Å². The Kier molecular flexibility index (Phi) is 5.55. The molecule has 32 heavy (non-hydrogen) atoms. The number of benzene rings is 1. The Labute approximate surface area is 184 Å². The van der Waals surface area contributed by atoms with E-state index in [1.165, 1.54) is 4.52 Å². The Balaban J connectivity index is 0.000000165. The average molecular weight is 423 g/mol. The number of aryl methyl sites for hydroxylation is 1. The van der Waals surface area contributed by atoms with E-state index in [0.29, 0.717) is 5.65 Å². The zero-order chi connectivity index (χ0) is 22.7. The van der Waals surface area contributed by atoms with Crippen molar-refractivity contribution >= 4 is 23.0 Å². The lowest BCUT2D eigenvalue weighted by Crippen LogP contribution is -2.12. The number of terminal acetylenes is 1. The van der Waals surface area contributed by atoms with Crippen molar-refractivity contribution in [3.8, 4) is 23.6 Å². The van der Waals surface area contributed by atoms with E-state index in [-0.39, 0.29) is 11.4 Å². The Bertz CT molecular complexity index is 1460. The van der Waals surface area contributed by atoms with E-state index in [1.807, 2.05) is 36.4 Å². The molecule has 0 unspecified atom stereocenters. The molecule has 1 aromatic carbocycles. The molecule has 0 bridgehead atoms. The number of carbonyl (C=O) groups is 1. The second kappa shape index (κ2) is 8.62. The van der Waals surface area contributed by atoms with Crippen molar-refractivity contribution in [1.29, 1.82) is 0 Å². The number of amides is 1. The second-order valence-corrected chi connectivity index (χ2v) is 6.89. The SMILES string of the molecule is C#Cc1cccc2nc(CC)c(-c3ccccc3)n12.NC(=O)c1c(N)nn2cccnc12. The molecule has 0 aliphatic rings. The maximum absolute atomic E-state index is 10.9. The van der Waals surface area contributed by atoms with Gasteiger partial charge < -0.3 is 11.5 Å². The zero-order valence-corrected chi connectivity index (χ0v) is 17.4. The summed E-state index contributed by atoms with van der Waals surface area (Å²) < 4.78 is 3.48. The highest BCUT2D eigenvalue weighted by molar-refractivity contribution is 6.03. The summed E-state index contributed by atoms with van der Waals surface area (Å²) in [5, 5.41) is 3.87. The van der Waals surface area contributed by atoms with Crippen molar-refractivity contribution in [2.75, 3.05) is 5.73 Å². The molecule has 4 heterocycles. The summed E-state index contributed by atoms with van der Waals surface area (Å²) in [4.78, 5) is 19.6. The predicted octanol–water partition coefficient (Wildman–Crippen LogP) is 2.96. The van der Waals surface area contributed by atoms with Gasteiger partial charge in [-0.05, 0) is 24.6 Å². The number of primary amides is 1. The molecule has 4 N–H and O–H groups in total. The third-order valence-corrected chi connectivity index (χ3v) is 4.91. The lowest BCUT2D eigenvalue weighted by atomic mass is 10.1. The van der Waals surface area contributed by atoms with Crippen LogP contribution in [0.25, 0.3) is 22.6 Å². The Morgan fingerprint density at radius 2 is 1.91 bits per heavy atom. The largest absolute Gasteiger partial charge is 0.381 e. The maximum Gasteiger partial charge on any atom is 0.256 e. The summed E-state index contributed by atoms with van der Waals surface area (Å²) in [7, 11) is 0. The molecule has 158 valence electrons. The fourth-order valence-corrected chi connectivity index (χ4v) is 3.53. The summed E-state index contributed by atoms with van der Waals surface area (Å²) in [5.74, 6) is 2.22. The zero-order valence-electron chi connectivity index (χ0n) is 17.4. The van der Waals surface area contributed by atoms with Crippen molar-refractivity contribution < 1.29 is 4.79 Å². The van der Waals surface area contributed by atoms with Gasteiger partial charge in [0.2, 0.25) is 0 Å². The van der Waals surface area contributed by atoms with Crippen LogP contribution in [0.15, 0.2) is 67.0 Å². The van der Waals surface area contributed by atoms with Crippen LogP contribution >= 0.6 is 0 Å². The van der Waals surface area contributed by atoms with E-state index in [0.717, 1.165) is 34.7 Å². The predicted molar refractivity (Wildman–Crippen MR) is 124 cm³/mol. The number of aromatic nitrogens is 5. The summed E-state index contributed by atoms with van der Waals surface area (Å²) in [5.41, 5.74) is 16.2. The highest BCUT2D eigenvalue weighted by atomic mass is 16.1. The summed E-state index contributed by atoms with van der Waals surface area (Å²) >= 11 is 0. The summed E-state index contributed by atoms with van der Waals surface area (Å²) in [6.45, 7) is 2.11. The molecule has 0 saturated heterocycles. The second-order valence-electron chi connectivity index (χ2n) is 6.89. The van der Waals surface area contributed by atoms with Gasteiger partial charge in [0, 0.05) is 18.0 Å². The molecular formula is C24H21N7O. The highest BCUT2D eigenvalue weighted by Gasteiger charge is 2.15. The fourth-order valence-electron chi connectivity index (χ4n) is 3.53. The lowest BCUT2D eigenvalue weighted by Gasteiger charge is -2.06. The number of nitrogens with two attached hydrogens (primary N) is 2. The van der Waals surface area contributed by atoms with Crippen LogP contribution in [0.5, 0.6) is 0 Å². The highest BCUT2D eigenvalue weighted by Crippen LogP contribution is 2.26. The molecule has 0 spiro atoms. The number of nitrogen functional groups attached to an aromatic ring is 1. The first-order valence-electron chi connectivity index (χ1n) is 9.96. The smallest absolute Gasteiger partial charge is 0.256 e. The molecular weight excluding hydrogens is 402 g/mol. The van der Waals surface area contributed by atoms with Crippen LogP contribution in [-0.4, -0.2) is 29.9 Å². The van der Waals surface area contributed by atoms with E-state index in [9.17, 15) is 4.79 Å². The minimum atomic E-state index is -0.619. The van der Waals surface area contributed by atoms with Crippen LogP contribution in [0.3, 0.4) is 0 Å². The Morgan fingerprint density at radius 1 is 1.12 bits per heavy atom. The maximum atomic E-state index is 10.9. The quantitative estimate of drug-likeness (QED) is 0.433. The normalized spacial score (nSPS) is 10.5. The van der Waals surface area contributed by atoms with Gasteiger partial charge in [-0.25, -0.2) is 14.5 Å². The first-order chi connectivity index (χ1) is 15.5. The molecule has 4 aromatic heterocycles. The third-order valence-electron chi connectivity index (χ3n) is 4.91.